The van der Waals surface area contributed by atoms with Gasteiger partial charge in [0.05, 0.1) is 10.2 Å². The zero-order valence-corrected chi connectivity index (χ0v) is 13.6. The number of nitrogens with zero attached hydrogens (tertiary/aromatic N) is 1. The van der Waals surface area contributed by atoms with Gasteiger partial charge in [-0.2, -0.15) is 0 Å². The van der Waals surface area contributed by atoms with Gasteiger partial charge in [0.25, 0.3) is 0 Å². The maximum atomic E-state index is 12.2. The van der Waals surface area contributed by atoms with Gasteiger partial charge in [0.1, 0.15) is 0 Å². The molecule has 1 amide bonds. The third kappa shape index (κ3) is 4.08. The molecule has 0 atom stereocenters. The lowest BCUT2D eigenvalue weighted by molar-refractivity contribution is 0.242. The summed E-state index contributed by atoms with van der Waals surface area (Å²) in [6.07, 6.45) is 5.64. The van der Waals surface area contributed by atoms with Gasteiger partial charge in [-0.05, 0) is 24.6 Å². The Morgan fingerprint density at radius 2 is 2.05 bits per heavy atom. The summed E-state index contributed by atoms with van der Waals surface area (Å²) in [5, 5.41) is 3.32. The third-order valence-electron chi connectivity index (χ3n) is 3.30. The first kappa shape index (κ1) is 16.0. The Morgan fingerprint density at radius 1 is 1.29 bits per heavy atom. The molecule has 1 aromatic heterocycles. The maximum absolute atomic E-state index is 12.2. The van der Waals surface area contributed by atoms with E-state index in [1.807, 2.05) is 0 Å². The molecule has 6 heteroatoms. The van der Waals surface area contributed by atoms with Gasteiger partial charge in [-0.1, -0.05) is 55.5 Å². The van der Waals surface area contributed by atoms with Crippen LogP contribution in [0.4, 0.5) is 4.79 Å². The smallest absolute Gasteiger partial charge is 0.329 e. The van der Waals surface area contributed by atoms with E-state index in [0.717, 1.165) is 33.4 Å². The first-order chi connectivity index (χ1) is 10.1. The van der Waals surface area contributed by atoms with Crippen LogP contribution in [0.5, 0.6) is 0 Å². The minimum absolute atomic E-state index is 0.282. The SMILES string of the molecule is CCCCCCCNC(=O)n1c(=O)sc2ccc(Cl)cc21. The predicted molar refractivity (Wildman–Crippen MR) is 88.7 cm³/mol. The van der Waals surface area contributed by atoms with Crippen LogP contribution in [0.15, 0.2) is 23.0 Å². The van der Waals surface area contributed by atoms with Crippen molar-refractivity contribution < 1.29 is 4.79 Å². The van der Waals surface area contributed by atoms with E-state index in [2.05, 4.69) is 12.2 Å². The Balaban J connectivity index is 2.01. The molecule has 0 fully saturated rings. The molecule has 0 aliphatic heterocycles. The topological polar surface area (TPSA) is 51.1 Å². The highest BCUT2D eigenvalue weighted by molar-refractivity contribution is 7.16. The molecular weight excluding hydrogens is 308 g/mol. The fraction of sp³-hybridized carbons (Fsp3) is 0.467. The number of unbranched alkanes of at least 4 members (excludes halogenated alkanes) is 4. The van der Waals surface area contributed by atoms with E-state index in [-0.39, 0.29) is 10.9 Å². The second kappa shape index (κ2) is 7.61. The van der Waals surface area contributed by atoms with Crippen molar-refractivity contribution in [3.63, 3.8) is 0 Å². The number of hydrogen-bond acceptors (Lipinski definition) is 3. The highest BCUT2D eigenvalue weighted by Crippen LogP contribution is 2.21. The highest BCUT2D eigenvalue weighted by Gasteiger charge is 2.14. The van der Waals surface area contributed by atoms with E-state index < -0.39 is 0 Å². The number of thiazole rings is 1. The Hall–Kier alpha value is -1.33. The van der Waals surface area contributed by atoms with Crippen molar-refractivity contribution >= 4 is 39.2 Å². The lowest BCUT2D eigenvalue weighted by atomic mass is 10.1. The van der Waals surface area contributed by atoms with E-state index in [9.17, 15) is 9.59 Å². The molecule has 0 spiro atoms. The fourth-order valence-electron chi connectivity index (χ4n) is 2.18. The van der Waals surface area contributed by atoms with Crippen LogP contribution in [-0.2, 0) is 0 Å². The van der Waals surface area contributed by atoms with Crippen molar-refractivity contribution in [1.82, 2.24) is 9.88 Å². The normalized spacial score (nSPS) is 11.0. The standard InChI is InChI=1S/C15H19ClN2O2S/c1-2-3-4-5-6-9-17-14(19)18-12-10-11(16)7-8-13(12)21-15(18)20/h7-8,10H,2-6,9H2,1H3,(H,17,19). The maximum Gasteiger partial charge on any atom is 0.329 e. The number of rotatable bonds is 6. The number of fused-ring (bicyclic) bond motifs is 1. The molecule has 114 valence electrons. The Labute approximate surface area is 132 Å². The Kier molecular flexibility index (Phi) is 5.82. The van der Waals surface area contributed by atoms with Crippen LogP contribution in [0.3, 0.4) is 0 Å². The number of hydrogen-bond donors (Lipinski definition) is 1. The van der Waals surface area contributed by atoms with Gasteiger partial charge in [-0.15, -0.1) is 0 Å². The van der Waals surface area contributed by atoms with Crippen molar-refractivity contribution in [2.45, 2.75) is 39.0 Å². The molecule has 0 aliphatic carbocycles. The van der Waals surface area contributed by atoms with Gasteiger partial charge in [0, 0.05) is 11.6 Å². The summed E-state index contributed by atoms with van der Waals surface area (Å²) in [6.45, 7) is 2.76. The van der Waals surface area contributed by atoms with Crippen molar-refractivity contribution in [2.75, 3.05) is 6.54 Å². The summed E-state index contributed by atoms with van der Waals surface area (Å²) in [6, 6.07) is 4.76. The quantitative estimate of drug-likeness (QED) is 0.807. The third-order valence-corrected chi connectivity index (χ3v) is 4.46. The van der Waals surface area contributed by atoms with Crippen molar-refractivity contribution in [1.29, 1.82) is 0 Å². The number of amides is 1. The zero-order chi connectivity index (χ0) is 15.2. The lowest BCUT2D eigenvalue weighted by Gasteiger charge is -2.06. The number of carbonyl (C=O) groups is 1. The van der Waals surface area contributed by atoms with Crippen molar-refractivity contribution in [3.05, 3.63) is 32.9 Å². The molecule has 2 rings (SSSR count). The minimum Gasteiger partial charge on any atom is -0.337 e. The van der Waals surface area contributed by atoms with Gasteiger partial charge in [0.2, 0.25) is 0 Å². The second-order valence-electron chi connectivity index (χ2n) is 4.96. The van der Waals surface area contributed by atoms with Gasteiger partial charge in [0.15, 0.2) is 0 Å². The molecule has 4 nitrogen and oxygen atoms in total. The summed E-state index contributed by atoms with van der Waals surface area (Å²) in [4.78, 5) is 23.8. The molecule has 1 N–H and O–H groups in total. The number of nitrogens with one attached hydrogen (secondary N) is 1. The summed E-state index contributed by atoms with van der Waals surface area (Å²) in [7, 11) is 0. The Bertz CT molecular complexity index is 678. The van der Waals surface area contributed by atoms with E-state index in [4.69, 9.17) is 11.6 Å². The molecule has 0 saturated carbocycles. The second-order valence-corrected chi connectivity index (χ2v) is 6.39. The predicted octanol–water partition coefficient (Wildman–Crippen LogP) is 4.24. The first-order valence-electron chi connectivity index (χ1n) is 7.22. The first-order valence-corrected chi connectivity index (χ1v) is 8.42. The van der Waals surface area contributed by atoms with E-state index in [1.165, 1.54) is 19.3 Å². The zero-order valence-electron chi connectivity index (χ0n) is 12.0. The number of benzene rings is 1. The largest absolute Gasteiger partial charge is 0.337 e. The summed E-state index contributed by atoms with van der Waals surface area (Å²) in [5.74, 6) is 0. The van der Waals surface area contributed by atoms with Crippen molar-refractivity contribution in [3.8, 4) is 0 Å². The molecule has 0 bridgehead atoms. The summed E-state index contributed by atoms with van der Waals surface area (Å²) < 4.78 is 1.93. The summed E-state index contributed by atoms with van der Waals surface area (Å²) in [5.41, 5.74) is 0.570. The van der Waals surface area contributed by atoms with Crippen LogP contribution in [0.2, 0.25) is 5.02 Å². The van der Waals surface area contributed by atoms with E-state index >= 15 is 0 Å². The van der Waals surface area contributed by atoms with Gasteiger partial charge in [-0.3, -0.25) is 4.79 Å². The summed E-state index contributed by atoms with van der Waals surface area (Å²) >= 11 is 6.99. The van der Waals surface area contributed by atoms with E-state index in [0.29, 0.717) is 17.1 Å². The molecule has 0 unspecified atom stereocenters. The average molecular weight is 327 g/mol. The number of aromatic nitrogens is 1. The van der Waals surface area contributed by atoms with Gasteiger partial charge < -0.3 is 5.32 Å². The van der Waals surface area contributed by atoms with Crippen molar-refractivity contribution in [2.24, 2.45) is 0 Å². The molecule has 21 heavy (non-hydrogen) atoms. The molecule has 0 aliphatic rings. The Morgan fingerprint density at radius 3 is 2.81 bits per heavy atom. The minimum atomic E-state index is -0.371. The van der Waals surface area contributed by atoms with Crippen LogP contribution >= 0.6 is 22.9 Å². The molecular formula is C15H19ClN2O2S. The van der Waals surface area contributed by atoms with E-state index in [1.54, 1.807) is 18.2 Å². The molecule has 1 heterocycles. The van der Waals surface area contributed by atoms with Crippen LogP contribution in [-0.4, -0.2) is 17.1 Å². The average Bonchev–Trinajstić information content (AvgIpc) is 2.77. The monoisotopic (exact) mass is 326 g/mol. The molecule has 0 saturated heterocycles. The highest BCUT2D eigenvalue weighted by atomic mass is 35.5. The van der Waals surface area contributed by atoms with Crippen LogP contribution in [0.25, 0.3) is 10.2 Å². The molecule has 2 aromatic rings. The number of carbonyl (C=O) groups excluding carboxylic acids is 1. The van der Waals surface area contributed by atoms with Gasteiger partial charge in [-0.25, -0.2) is 9.36 Å². The fourth-order valence-corrected chi connectivity index (χ4v) is 3.20. The van der Waals surface area contributed by atoms with Crippen LogP contribution < -0.4 is 10.2 Å². The molecule has 0 radical (unpaired) electrons. The molecule has 1 aromatic carbocycles. The number of halogens is 1. The van der Waals surface area contributed by atoms with Crippen LogP contribution in [0.1, 0.15) is 39.0 Å². The van der Waals surface area contributed by atoms with Crippen LogP contribution in [0, 0.1) is 0 Å². The lowest BCUT2D eigenvalue weighted by Crippen LogP contribution is -2.34. The van der Waals surface area contributed by atoms with Gasteiger partial charge >= 0.3 is 10.9 Å².